The van der Waals surface area contributed by atoms with Crippen molar-refractivity contribution in [2.45, 2.75) is 13.5 Å². The number of ether oxygens (including phenoxy) is 2. The van der Waals surface area contributed by atoms with Gasteiger partial charge in [0.15, 0.2) is 0 Å². The fourth-order valence-corrected chi connectivity index (χ4v) is 2.98. The van der Waals surface area contributed by atoms with Crippen LogP contribution in [0, 0.1) is 0 Å². The number of thiazole rings is 1. The quantitative estimate of drug-likeness (QED) is 0.643. The molecular weight excluding hydrogens is 326 g/mol. The van der Waals surface area contributed by atoms with E-state index >= 15 is 0 Å². The maximum atomic E-state index is 11.7. The van der Waals surface area contributed by atoms with E-state index in [2.05, 4.69) is 10.1 Å². The van der Waals surface area contributed by atoms with Crippen molar-refractivity contribution in [1.82, 2.24) is 14.8 Å². The first-order valence-electron chi connectivity index (χ1n) is 7.48. The summed E-state index contributed by atoms with van der Waals surface area (Å²) in [5, 5.41) is 7.11. The molecule has 0 aliphatic carbocycles. The number of methoxy groups -OCH3 is 1. The van der Waals surface area contributed by atoms with E-state index < -0.39 is 0 Å². The molecule has 1 aromatic carbocycles. The van der Waals surface area contributed by atoms with Crippen LogP contribution in [0.5, 0.6) is 5.75 Å². The van der Waals surface area contributed by atoms with Crippen molar-refractivity contribution < 1.29 is 14.3 Å². The average Bonchev–Trinajstić information content (AvgIpc) is 3.25. The Morgan fingerprint density at radius 1 is 1.29 bits per heavy atom. The Labute approximate surface area is 143 Å². The molecule has 7 heteroatoms. The average molecular weight is 343 g/mol. The summed E-state index contributed by atoms with van der Waals surface area (Å²) in [6.45, 7) is 2.64. The second-order valence-electron chi connectivity index (χ2n) is 5.00. The van der Waals surface area contributed by atoms with Gasteiger partial charge >= 0.3 is 5.97 Å². The van der Waals surface area contributed by atoms with Gasteiger partial charge in [0, 0.05) is 17.1 Å². The molecule has 0 atom stereocenters. The number of carbonyl (C=O) groups excluding carboxylic acids is 1. The molecule has 3 aromatic rings. The smallest absolute Gasteiger partial charge is 0.341 e. The van der Waals surface area contributed by atoms with Gasteiger partial charge in [0.2, 0.25) is 0 Å². The largest absolute Gasteiger partial charge is 0.497 e. The van der Waals surface area contributed by atoms with E-state index in [0.717, 1.165) is 22.0 Å². The number of hydrogen-bond acceptors (Lipinski definition) is 6. The Hall–Kier alpha value is -2.67. The topological polar surface area (TPSA) is 66.2 Å². The van der Waals surface area contributed by atoms with Crippen LogP contribution in [-0.4, -0.2) is 34.5 Å². The molecule has 124 valence electrons. The minimum absolute atomic E-state index is 0.349. The number of rotatable bonds is 6. The molecule has 0 aliphatic heterocycles. The molecule has 0 bridgehead atoms. The summed E-state index contributed by atoms with van der Waals surface area (Å²) in [7, 11) is 1.64. The molecule has 2 aromatic heterocycles. The Morgan fingerprint density at radius 2 is 2.08 bits per heavy atom. The lowest BCUT2D eigenvalue weighted by Gasteiger charge is -2.00. The van der Waals surface area contributed by atoms with E-state index in [1.165, 1.54) is 6.20 Å². The van der Waals surface area contributed by atoms with Gasteiger partial charge in [0.25, 0.3) is 0 Å². The van der Waals surface area contributed by atoms with Crippen LogP contribution in [0.3, 0.4) is 0 Å². The standard InChI is InChI=1S/C17H17N3O3S/c1-3-23-17(21)13-8-18-20(9-13)10-16-19-15(11-24-16)12-4-6-14(22-2)7-5-12/h4-9,11H,3,10H2,1-2H3. The van der Waals surface area contributed by atoms with Crippen molar-refractivity contribution in [2.75, 3.05) is 13.7 Å². The van der Waals surface area contributed by atoms with E-state index in [9.17, 15) is 4.79 Å². The molecule has 0 spiro atoms. The lowest BCUT2D eigenvalue weighted by atomic mass is 10.2. The molecule has 0 N–H and O–H groups in total. The zero-order valence-electron chi connectivity index (χ0n) is 13.4. The number of nitrogens with zero attached hydrogens (tertiary/aromatic N) is 3. The summed E-state index contributed by atoms with van der Waals surface area (Å²) in [5.41, 5.74) is 2.39. The third-order valence-corrected chi connectivity index (χ3v) is 4.21. The number of hydrogen-bond donors (Lipinski definition) is 0. The molecule has 6 nitrogen and oxygen atoms in total. The molecule has 0 fully saturated rings. The van der Waals surface area contributed by atoms with Crippen molar-refractivity contribution in [2.24, 2.45) is 0 Å². The fourth-order valence-electron chi connectivity index (χ4n) is 2.19. The zero-order chi connectivity index (χ0) is 16.9. The predicted octanol–water partition coefficient (Wildman–Crippen LogP) is 3.24. The summed E-state index contributed by atoms with van der Waals surface area (Å²) >= 11 is 1.56. The van der Waals surface area contributed by atoms with Gasteiger partial charge in [-0.15, -0.1) is 11.3 Å². The molecular formula is C17H17N3O3S. The van der Waals surface area contributed by atoms with Crippen LogP contribution in [0.25, 0.3) is 11.3 Å². The molecule has 2 heterocycles. The van der Waals surface area contributed by atoms with Crippen LogP contribution in [0.4, 0.5) is 0 Å². The molecule has 0 aliphatic rings. The molecule has 3 rings (SSSR count). The van der Waals surface area contributed by atoms with E-state index in [1.807, 2.05) is 29.6 Å². The van der Waals surface area contributed by atoms with Gasteiger partial charge in [-0.05, 0) is 31.2 Å². The van der Waals surface area contributed by atoms with E-state index in [-0.39, 0.29) is 5.97 Å². The minimum atomic E-state index is -0.359. The molecule has 0 amide bonds. The third-order valence-electron chi connectivity index (χ3n) is 3.38. The SMILES string of the molecule is CCOC(=O)c1cnn(Cc2nc(-c3ccc(OC)cc3)cs2)c1. The maximum absolute atomic E-state index is 11.7. The van der Waals surface area contributed by atoms with Gasteiger partial charge in [-0.3, -0.25) is 4.68 Å². The molecule has 0 saturated carbocycles. The van der Waals surface area contributed by atoms with Gasteiger partial charge in [-0.25, -0.2) is 9.78 Å². The van der Waals surface area contributed by atoms with Gasteiger partial charge in [-0.1, -0.05) is 0 Å². The van der Waals surface area contributed by atoms with Crippen LogP contribution < -0.4 is 4.74 Å². The van der Waals surface area contributed by atoms with Gasteiger partial charge in [0.1, 0.15) is 10.8 Å². The lowest BCUT2D eigenvalue weighted by molar-refractivity contribution is 0.0526. The first-order chi connectivity index (χ1) is 11.7. The van der Waals surface area contributed by atoms with Gasteiger partial charge in [0.05, 0.1) is 37.7 Å². The summed E-state index contributed by atoms with van der Waals surface area (Å²) in [4.78, 5) is 16.3. The van der Waals surface area contributed by atoms with Gasteiger partial charge in [-0.2, -0.15) is 5.10 Å². The Bertz CT molecular complexity index is 824. The van der Waals surface area contributed by atoms with Gasteiger partial charge < -0.3 is 9.47 Å². The second kappa shape index (κ2) is 7.27. The zero-order valence-corrected chi connectivity index (χ0v) is 14.2. The maximum Gasteiger partial charge on any atom is 0.341 e. The highest BCUT2D eigenvalue weighted by Crippen LogP contribution is 2.24. The number of esters is 1. The highest BCUT2D eigenvalue weighted by Gasteiger charge is 2.11. The Balaban J connectivity index is 1.70. The first-order valence-corrected chi connectivity index (χ1v) is 8.36. The summed E-state index contributed by atoms with van der Waals surface area (Å²) < 4.78 is 11.8. The van der Waals surface area contributed by atoms with Crippen molar-refractivity contribution in [1.29, 1.82) is 0 Å². The molecule has 0 saturated heterocycles. The highest BCUT2D eigenvalue weighted by atomic mass is 32.1. The number of carbonyl (C=O) groups is 1. The van der Waals surface area contributed by atoms with E-state index in [4.69, 9.17) is 9.47 Å². The summed E-state index contributed by atoms with van der Waals surface area (Å²) in [6, 6.07) is 7.77. The summed E-state index contributed by atoms with van der Waals surface area (Å²) in [6.07, 6.45) is 3.18. The number of benzene rings is 1. The van der Waals surface area contributed by atoms with Crippen molar-refractivity contribution >= 4 is 17.3 Å². The number of aromatic nitrogens is 3. The Kier molecular flexibility index (Phi) is 4.90. The van der Waals surface area contributed by atoms with Crippen LogP contribution >= 0.6 is 11.3 Å². The lowest BCUT2D eigenvalue weighted by Crippen LogP contribution is -2.04. The Morgan fingerprint density at radius 3 is 2.79 bits per heavy atom. The highest BCUT2D eigenvalue weighted by molar-refractivity contribution is 7.09. The minimum Gasteiger partial charge on any atom is -0.497 e. The van der Waals surface area contributed by atoms with Crippen molar-refractivity contribution in [3.63, 3.8) is 0 Å². The molecule has 24 heavy (non-hydrogen) atoms. The summed E-state index contributed by atoms with van der Waals surface area (Å²) in [5.74, 6) is 0.457. The monoisotopic (exact) mass is 343 g/mol. The van der Waals surface area contributed by atoms with E-state index in [0.29, 0.717) is 18.7 Å². The van der Waals surface area contributed by atoms with E-state index in [1.54, 1.807) is 36.2 Å². The molecule has 0 unspecified atom stereocenters. The third kappa shape index (κ3) is 3.62. The normalized spacial score (nSPS) is 10.6. The fraction of sp³-hybridized carbons (Fsp3) is 0.235. The molecule has 0 radical (unpaired) electrons. The van der Waals surface area contributed by atoms with Crippen LogP contribution in [-0.2, 0) is 11.3 Å². The van der Waals surface area contributed by atoms with Crippen molar-refractivity contribution in [3.05, 3.63) is 52.6 Å². The van der Waals surface area contributed by atoms with Crippen LogP contribution in [0.15, 0.2) is 42.0 Å². The van der Waals surface area contributed by atoms with Crippen LogP contribution in [0.1, 0.15) is 22.3 Å². The second-order valence-corrected chi connectivity index (χ2v) is 5.94. The van der Waals surface area contributed by atoms with Crippen molar-refractivity contribution in [3.8, 4) is 17.0 Å². The first kappa shape index (κ1) is 16.2. The predicted molar refractivity (Wildman–Crippen MR) is 91.4 cm³/mol. The van der Waals surface area contributed by atoms with Crippen LogP contribution in [0.2, 0.25) is 0 Å².